The van der Waals surface area contributed by atoms with Crippen LogP contribution in [0.3, 0.4) is 0 Å². The lowest BCUT2D eigenvalue weighted by atomic mass is 9.88. The smallest absolute Gasteiger partial charge is 0.0201 e. The van der Waals surface area contributed by atoms with Crippen LogP contribution in [-0.4, -0.2) is 43.7 Å². The molecule has 2 atom stereocenters. The van der Waals surface area contributed by atoms with Gasteiger partial charge in [-0.15, -0.1) is 0 Å². The number of nitrogens with zero attached hydrogens (tertiary/aromatic N) is 1. The lowest BCUT2D eigenvalue weighted by Crippen LogP contribution is -2.49. The number of rotatable bonds is 5. The van der Waals surface area contributed by atoms with Crippen molar-refractivity contribution in [3.8, 4) is 0 Å². The molecule has 1 aliphatic heterocycles. The number of nitrogens with two attached hydrogens (primary N) is 1. The van der Waals surface area contributed by atoms with Gasteiger partial charge in [0.25, 0.3) is 0 Å². The van der Waals surface area contributed by atoms with Crippen LogP contribution in [0.1, 0.15) is 24.8 Å². The molecule has 0 spiro atoms. The van der Waals surface area contributed by atoms with Crippen LogP contribution >= 0.6 is 0 Å². The van der Waals surface area contributed by atoms with Crippen LogP contribution in [0.5, 0.6) is 0 Å². The monoisotopic (exact) mass is 247 g/mol. The number of hydrogen-bond acceptors (Lipinski definition) is 3. The molecule has 2 rings (SSSR count). The van der Waals surface area contributed by atoms with Gasteiger partial charge in [-0.1, -0.05) is 37.3 Å². The van der Waals surface area contributed by atoms with Crippen molar-refractivity contribution in [2.45, 2.75) is 25.3 Å². The van der Waals surface area contributed by atoms with Crippen molar-refractivity contribution in [3.63, 3.8) is 0 Å². The molecule has 1 fully saturated rings. The molecule has 2 unspecified atom stereocenters. The van der Waals surface area contributed by atoms with Gasteiger partial charge in [0.2, 0.25) is 0 Å². The Morgan fingerprint density at radius 1 is 1.28 bits per heavy atom. The Morgan fingerprint density at radius 3 is 2.72 bits per heavy atom. The minimum Gasteiger partial charge on any atom is -0.329 e. The summed E-state index contributed by atoms with van der Waals surface area (Å²) >= 11 is 0. The van der Waals surface area contributed by atoms with Crippen molar-refractivity contribution >= 4 is 0 Å². The highest BCUT2D eigenvalue weighted by Crippen LogP contribution is 2.26. The van der Waals surface area contributed by atoms with Crippen LogP contribution in [0.25, 0.3) is 0 Å². The van der Waals surface area contributed by atoms with E-state index in [2.05, 4.69) is 47.5 Å². The molecule has 1 saturated heterocycles. The molecular weight excluding hydrogens is 222 g/mol. The average molecular weight is 247 g/mol. The summed E-state index contributed by atoms with van der Waals surface area (Å²) in [4.78, 5) is 2.49. The summed E-state index contributed by atoms with van der Waals surface area (Å²) < 4.78 is 0. The molecule has 18 heavy (non-hydrogen) atoms. The molecule has 1 aliphatic rings. The summed E-state index contributed by atoms with van der Waals surface area (Å²) in [6.07, 6.45) is 1.24. The summed E-state index contributed by atoms with van der Waals surface area (Å²) in [5.41, 5.74) is 7.16. The van der Waals surface area contributed by atoms with Crippen LogP contribution in [0.2, 0.25) is 0 Å². The van der Waals surface area contributed by atoms with Crippen molar-refractivity contribution in [3.05, 3.63) is 35.9 Å². The van der Waals surface area contributed by atoms with Crippen molar-refractivity contribution < 1.29 is 0 Å². The maximum atomic E-state index is 5.70. The van der Waals surface area contributed by atoms with E-state index in [-0.39, 0.29) is 0 Å². The van der Waals surface area contributed by atoms with E-state index >= 15 is 0 Å². The first-order valence-electron chi connectivity index (χ1n) is 7.04. The molecule has 1 aromatic carbocycles. The van der Waals surface area contributed by atoms with E-state index in [0.29, 0.717) is 12.0 Å². The zero-order valence-electron chi connectivity index (χ0n) is 11.3. The standard InChI is InChI=1S/C15H25N3/c1-2-17-15-10-14(11-18(12-15)9-8-16)13-6-4-3-5-7-13/h3-7,14-15,17H,2,8-12,16H2,1H3. The van der Waals surface area contributed by atoms with Crippen molar-refractivity contribution in [2.75, 3.05) is 32.7 Å². The van der Waals surface area contributed by atoms with Gasteiger partial charge in [-0.2, -0.15) is 0 Å². The zero-order chi connectivity index (χ0) is 12.8. The van der Waals surface area contributed by atoms with Gasteiger partial charge < -0.3 is 11.1 Å². The molecule has 0 amide bonds. The number of likely N-dealkylation sites (tertiary alicyclic amines) is 1. The lowest BCUT2D eigenvalue weighted by molar-refractivity contribution is 0.176. The second-order valence-corrected chi connectivity index (χ2v) is 5.15. The summed E-state index contributed by atoms with van der Waals surface area (Å²) in [6, 6.07) is 11.5. The molecule has 0 aliphatic carbocycles. The van der Waals surface area contributed by atoms with Gasteiger partial charge in [0.1, 0.15) is 0 Å². The van der Waals surface area contributed by atoms with E-state index in [1.54, 1.807) is 0 Å². The third-order valence-corrected chi connectivity index (χ3v) is 3.74. The van der Waals surface area contributed by atoms with E-state index in [1.807, 2.05) is 0 Å². The molecule has 0 aromatic heterocycles. The van der Waals surface area contributed by atoms with Crippen LogP contribution < -0.4 is 11.1 Å². The maximum absolute atomic E-state index is 5.70. The highest BCUT2D eigenvalue weighted by molar-refractivity contribution is 5.21. The molecule has 1 heterocycles. The van der Waals surface area contributed by atoms with E-state index in [9.17, 15) is 0 Å². The van der Waals surface area contributed by atoms with Crippen molar-refractivity contribution in [1.29, 1.82) is 0 Å². The van der Waals surface area contributed by atoms with Gasteiger partial charge >= 0.3 is 0 Å². The molecule has 3 N–H and O–H groups in total. The maximum Gasteiger partial charge on any atom is 0.0201 e. The van der Waals surface area contributed by atoms with E-state index in [0.717, 1.165) is 32.7 Å². The molecule has 100 valence electrons. The van der Waals surface area contributed by atoms with Gasteiger partial charge in [-0.3, -0.25) is 4.90 Å². The fourth-order valence-electron chi connectivity index (χ4n) is 2.96. The quantitative estimate of drug-likeness (QED) is 0.826. The van der Waals surface area contributed by atoms with Crippen molar-refractivity contribution in [1.82, 2.24) is 10.2 Å². The van der Waals surface area contributed by atoms with Gasteiger partial charge in [-0.05, 0) is 24.4 Å². The first kappa shape index (κ1) is 13.5. The second kappa shape index (κ2) is 6.88. The number of hydrogen-bond donors (Lipinski definition) is 2. The molecule has 3 heteroatoms. The number of nitrogens with one attached hydrogen (secondary N) is 1. The largest absolute Gasteiger partial charge is 0.329 e. The number of benzene rings is 1. The Morgan fingerprint density at radius 2 is 2.06 bits per heavy atom. The Labute approximate surface area is 110 Å². The number of piperidine rings is 1. The summed E-state index contributed by atoms with van der Waals surface area (Å²) in [5.74, 6) is 0.635. The Balaban J connectivity index is 2.05. The third kappa shape index (κ3) is 3.55. The SMILES string of the molecule is CCNC1CC(c2ccccc2)CN(CCN)C1. The molecule has 0 radical (unpaired) electrons. The summed E-state index contributed by atoms with van der Waals surface area (Å²) in [5, 5.41) is 3.59. The number of likely N-dealkylation sites (N-methyl/N-ethyl adjacent to an activating group) is 1. The van der Waals surface area contributed by atoms with Gasteiger partial charge in [-0.25, -0.2) is 0 Å². The van der Waals surface area contributed by atoms with E-state index in [1.165, 1.54) is 12.0 Å². The molecule has 0 saturated carbocycles. The Hall–Kier alpha value is -0.900. The predicted molar refractivity (Wildman–Crippen MR) is 76.8 cm³/mol. The fourth-order valence-corrected chi connectivity index (χ4v) is 2.96. The first-order valence-corrected chi connectivity index (χ1v) is 7.04. The van der Waals surface area contributed by atoms with Gasteiger partial charge in [0, 0.05) is 32.2 Å². The zero-order valence-corrected chi connectivity index (χ0v) is 11.3. The van der Waals surface area contributed by atoms with Crippen molar-refractivity contribution in [2.24, 2.45) is 5.73 Å². The lowest BCUT2D eigenvalue weighted by Gasteiger charge is -2.38. The van der Waals surface area contributed by atoms with Crippen LogP contribution in [0.4, 0.5) is 0 Å². The van der Waals surface area contributed by atoms with Gasteiger partial charge in [0.05, 0.1) is 0 Å². The normalized spacial score (nSPS) is 25.2. The highest BCUT2D eigenvalue weighted by Gasteiger charge is 2.27. The predicted octanol–water partition coefficient (Wildman–Crippen LogP) is 1.41. The van der Waals surface area contributed by atoms with Crippen LogP contribution in [-0.2, 0) is 0 Å². The molecule has 1 aromatic rings. The third-order valence-electron chi connectivity index (χ3n) is 3.74. The molecular formula is C15H25N3. The summed E-state index contributed by atoms with van der Waals surface area (Å²) in [6.45, 7) is 7.26. The van der Waals surface area contributed by atoms with Crippen LogP contribution in [0.15, 0.2) is 30.3 Å². The van der Waals surface area contributed by atoms with Gasteiger partial charge in [0.15, 0.2) is 0 Å². The van der Waals surface area contributed by atoms with E-state index < -0.39 is 0 Å². The minimum atomic E-state index is 0.598. The van der Waals surface area contributed by atoms with E-state index in [4.69, 9.17) is 5.73 Å². The topological polar surface area (TPSA) is 41.3 Å². The molecule has 0 bridgehead atoms. The first-order chi connectivity index (χ1) is 8.83. The second-order valence-electron chi connectivity index (χ2n) is 5.15. The fraction of sp³-hybridized carbons (Fsp3) is 0.600. The highest BCUT2D eigenvalue weighted by atomic mass is 15.2. The minimum absolute atomic E-state index is 0.598. The van der Waals surface area contributed by atoms with Crippen LogP contribution in [0, 0.1) is 0 Å². The average Bonchev–Trinajstić information content (AvgIpc) is 2.40. The Kier molecular flexibility index (Phi) is 5.17. The summed E-state index contributed by atoms with van der Waals surface area (Å²) in [7, 11) is 0. The molecule has 3 nitrogen and oxygen atoms in total. The Bertz CT molecular complexity index is 325.